The van der Waals surface area contributed by atoms with Crippen LogP contribution in [0.1, 0.15) is 59.1 Å². The molecule has 0 amide bonds. The van der Waals surface area contributed by atoms with Crippen molar-refractivity contribution in [3.8, 4) is 11.5 Å². The molecule has 0 aliphatic heterocycles. The Hall–Kier alpha value is -1.71. The van der Waals surface area contributed by atoms with Gasteiger partial charge in [-0.15, -0.1) is 0 Å². The lowest BCUT2D eigenvalue weighted by Gasteiger charge is -2.28. The molecule has 0 atom stereocenters. The molecule has 0 fully saturated rings. The lowest BCUT2D eigenvalue weighted by Crippen LogP contribution is -2.17. The van der Waals surface area contributed by atoms with Crippen molar-refractivity contribution in [1.82, 2.24) is 0 Å². The summed E-state index contributed by atoms with van der Waals surface area (Å²) in [6.45, 7) is 12.3. The third-order valence-corrected chi connectivity index (χ3v) is 3.28. The summed E-state index contributed by atoms with van der Waals surface area (Å²) >= 11 is 0. The number of carboxylic acids is 1. The van der Waals surface area contributed by atoms with Crippen LogP contribution in [0.5, 0.6) is 11.5 Å². The molecule has 0 saturated carbocycles. The van der Waals surface area contributed by atoms with Crippen LogP contribution in [0.25, 0.3) is 0 Å². The Morgan fingerprint density at radius 3 is 1.81 bits per heavy atom. The average molecular weight is 294 g/mol. The lowest BCUT2D eigenvalue weighted by atomic mass is 9.79. The molecule has 0 aliphatic carbocycles. The first-order valence-electron chi connectivity index (χ1n) is 7.15. The molecule has 1 rings (SSSR count). The molecule has 4 nitrogen and oxygen atoms in total. The molecule has 0 unspecified atom stereocenters. The van der Waals surface area contributed by atoms with E-state index in [2.05, 4.69) is 0 Å². The maximum Gasteiger partial charge on any atom is 0.306 e. The molecular weight excluding hydrogens is 268 g/mol. The summed E-state index contributed by atoms with van der Waals surface area (Å²) in [6, 6.07) is 3.60. The molecule has 0 spiro atoms. The highest BCUT2D eigenvalue weighted by Crippen LogP contribution is 2.41. The van der Waals surface area contributed by atoms with Crippen molar-refractivity contribution in [2.45, 2.75) is 58.8 Å². The molecule has 0 aliphatic rings. The van der Waals surface area contributed by atoms with Gasteiger partial charge in [0.25, 0.3) is 0 Å². The minimum Gasteiger partial charge on any atom is -0.507 e. The lowest BCUT2D eigenvalue weighted by molar-refractivity contribution is -0.137. The van der Waals surface area contributed by atoms with Gasteiger partial charge in [0.2, 0.25) is 0 Å². The highest BCUT2D eigenvalue weighted by molar-refractivity contribution is 5.66. The van der Waals surface area contributed by atoms with Gasteiger partial charge in [0, 0.05) is 11.1 Å². The standard InChI is InChI=1S/C17H26O4/c1-16(2,3)12-9-11(21-8-7-14(18)19)10-13(15(12)20)17(4,5)6/h9-10,20H,7-8H2,1-6H3,(H,18,19). The second-order valence-electron chi connectivity index (χ2n) is 7.36. The van der Waals surface area contributed by atoms with Crippen LogP contribution >= 0.6 is 0 Å². The molecule has 0 heterocycles. The Morgan fingerprint density at radius 2 is 1.48 bits per heavy atom. The summed E-state index contributed by atoms with van der Waals surface area (Å²) in [4.78, 5) is 10.6. The first-order valence-corrected chi connectivity index (χ1v) is 7.15. The molecule has 0 aromatic heterocycles. The van der Waals surface area contributed by atoms with E-state index >= 15 is 0 Å². The van der Waals surface area contributed by atoms with Crippen LogP contribution in [0.3, 0.4) is 0 Å². The molecule has 0 bridgehead atoms. The fourth-order valence-corrected chi connectivity index (χ4v) is 2.09. The minimum atomic E-state index is -0.888. The van der Waals surface area contributed by atoms with Crippen molar-refractivity contribution in [2.24, 2.45) is 0 Å². The third-order valence-electron chi connectivity index (χ3n) is 3.28. The number of rotatable bonds is 4. The number of carboxylic acid groups (broad SMARTS) is 1. The quantitative estimate of drug-likeness (QED) is 0.885. The minimum absolute atomic E-state index is 0.0451. The number of carbonyl (C=O) groups is 1. The summed E-state index contributed by atoms with van der Waals surface area (Å²) in [7, 11) is 0. The Morgan fingerprint density at radius 1 is 1.05 bits per heavy atom. The van der Waals surface area contributed by atoms with Crippen molar-refractivity contribution in [3.05, 3.63) is 23.3 Å². The number of hydrogen-bond donors (Lipinski definition) is 2. The number of benzene rings is 1. The van der Waals surface area contributed by atoms with Gasteiger partial charge in [-0.1, -0.05) is 41.5 Å². The number of ether oxygens (including phenoxy) is 1. The maximum atomic E-state index is 10.6. The van der Waals surface area contributed by atoms with E-state index in [1.807, 2.05) is 41.5 Å². The average Bonchev–Trinajstić information content (AvgIpc) is 2.27. The van der Waals surface area contributed by atoms with E-state index in [4.69, 9.17) is 9.84 Å². The molecule has 0 saturated heterocycles. The largest absolute Gasteiger partial charge is 0.507 e. The van der Waals surface area contributed by atoms with E-state index in [1.54, 1.807) is 12.1 Å². The zero-order chi connectivity index (χ0) is 16.4. The van der Waals surface area contributed by atoms with Crippen LogP contribution in [-0.4, -0.2) is 22.8 Å². The molecular formula is C17H26O4. The monoisotopic (exact) mass is 294 g/mol. The molecule has 1 aromatic carbocycles. The van der Waals surface area contributed by atoms with Gasteiger partial charge in [-0.2, -0.15) is 0 Å². The van der Waals surface area contributed by atoms with Crippen molar-refractivity contribution >= 4 is 5.97 Å². The second-order valence-corrected chi connectivity index (χ2v) is 7.36. The Labute approximate surface area is 126 Å². The number of phenols is 1. The summed E-state index contributed by atoms with van der Waals surface area (Å²) in [5, 5.41) is 19.2. The molecule has 2 N–H and O–H groups in total. The highest BCUT2D eigenvalue weighted by atomic mass is 16.5. The number of aliphatic carboxylic acids is 1. The van der Waals surface area contributed by atoms with Crippen molar-refractivity contribution in [3.63, 3.8) is 0 Å². The Kier molecular flexibility index (Phi) is 4.92. The van der Waals surface area contributed by atoms with E-state index in [1.165, 1.54) is 0 Å². The van der Waals surface area contributed by atoms with Crippen LogP contribution in [0.4, 0.5) is 0 Å². The van der Waals surface area contributed by atoms with E-state index in [-0.39, 0.29) is 23.9 Å². The smallest absolute Gasteiger partial charge is 0.306 e. The maximum absolute atomic E-state index is 10.6. The summed E-state index contributed by atoms with van der Waals surface area (Å²) in [5.74, 6) is 0.00496. The van der Waals surface area contributed by atoms with Gasteiger partial charge >= 0.3 is 5.97 Å². The number of phenolic OH excluding ortho intramolecular Hbond substituents is 1. The van der Waals surface area contributed by atoms with Crippen LogP contribution in [0.15, 0.2) is 12.1 Å². The van der Waals surface area contributed by atoms with Crippen LogP contribution in [0, 0.1) is 0 Å². The van der Waals surface area contributed by atoms with Gasteiger partial charge in [0.1, 0.15) is 11.5 Å². The summed E-state index contributed by atoms with van der Waals surface area (Å²) in [6.07, 6.45) is -0.0451. The fourth-order valence-electron chi connectivity index (χ4n) is 2.09. The molecule has 21 heavy (non-hydrogen) atoms. The number of hydrogen-bond acceptors (Lipinski definition) is 3. The summed E-state index contributed by atoms with van der Waals surface area (Å²) in [5.41, 5.74) is 1.16. The van der Waals surface area contributed by atoms with Gasteiger partial charge in [-0.3, -0.25) is 4.79 Å². The number of aromatic hydroxyl groups is 1. The Bertz CT molecular complexity index is 484. The highest BCUT2D eigenvalue weighted by Gasteiger charge is 2.26. The zero-order valence-electron chi connectivity index (χ0n) is 13.8. The first-order chi connectivity index (χ1) is 9.43. The summed E-state index contributed by atoms with van der Waals surface area (Å²) < 4.78 is 5.55. The third kappa shape index (κ3) is 4.66. The Balaban J connectivity index is 3.24. The van der Waals surface area contributed by atoms with Gasteiger partial charge in [-0.05, 0) is 23.0 Å². The zero-order valence-corrected chi connectivity index (χ0v) is 13.8. The van der Waals surface area contributed by atoms with E-state index in [0.29, 0.717) is 11.5 Å². The van der Waals surface area contributed by atoms with Crippen molar-refractivity contribution in [2.75, 3.05) is 6.61 Å². The topological polar surface area (TPSA) is 66.8 Å². The van der Waals surface area contributed by atoms with Crippen LogP contribution in [-0.2, 0) is 15.6 Å². The molecule has 0 radical (unpaired) electrons. The SMILES string of the molecule is CC(C)(C)c1cc(OCCC(=O)O)cc(C(C)(C)C)c1O. The van der Waals surface area contributed by atoms with E-state index < -0.39 is 5.97 Å². The molecule has 118 valence electrons. The van der Waals surface area contributed by atoms with Gasteiger partial charge < -0.3 is 14.9 Å². The van der Waals surface area contributed by atoms with Crippen molar-refractivity contribution in [1.29, 1.82) is 0 Å². The molecule has 4 heteroatoms. The van der Waals surface area contributed by atoms with Gasteiger partial charge in [-0.25, -0.2) is 0 Å². The van der Waals surface area contributed by atoms with Crippen molar-refractivity contribution < 1.29 is 19.7 Å². The fraction of sp³-hybridized carbons (Fsp3) is 0.588. The first kappa shape index (κ1) is 17.3. The second kappa shape index (κ2) is 5.96. The van der Waals surface area contributed by atoms with Gasteiger partial charge in [0.05, 0.1) is 13.0 Å². The van der Waals surface area contributed by atoms with Crippen LogP contribution < -0.4 is 4.74 Å². The van der Waals surface area contributed by atoms with Gasteiger partial charge in [0.15, 0.2) is 0 Å². The molecule has 1 aromatic rings. The predicted octanol–water partition coefficient (Wildman–Crippen LogP) is 3.84. The predicted molar refractivity (Wildman–Crippen MR) is 83.3 cm³/mol. The normalized spacial score (nSPS) is 12.3. The van der Waals surface area contributed by atoms with E-state index in [9.17, 15) is 9.90 Å². The van der Waals surface area contributed by atoms with Crippen LogP contribution in [0.2, 0.25) is 0 Å². The van der Waals surface area contributed by atoms with E-state index in [0.717, 1.165) is 11.1 Å².